The Morgan fingerprint density at radius 3 is 2.41 bits per heavy atom. The van der Waals surface area contributed by atoms with Crippen molar-refractivity contribution >= 4 is 15.7 Å². The summed E-state index contributed by atoms with van der Waals surface area (Å²) in [4.78, 5) is 5.51. The van der Waals surface area contributed by atoms with Crippen LogP contribution in [0.2, 0.25) is 0 Å². The Labute approximate surface area is 183 Å². The summed E-state index contributed by atoms with van der Waals surface area (Å²) in [6.07, 6.45) is -4.29. The number of nitriles is 1. The standard InChI is InChI=1S/C21H20F3N3O4S/c1-15(17-4-2-3-16(13-17)14-25)26-31-19-9-11-27(12-10-19)32(28,29)20-7-5-18(6-8-20)30-21(22,23)24/h2-8,13,19,26H,1,9-12H2. The van der Waals surface area contributed by atoms with Crippen molar-refractivity contribution in [2.24, 2.45) is 0 Å². The van der Waals surface area contributed by atoms with Gasteiger partial charge in [0.1, 0.15) is 5.75 Å². The summed E-state index contributed by atoms with van der Waals surface area (Å²) in [6, 6.07) is 13.0. The Bertz CT molecular complexity index is 1100. The van der Waals surface area contributed by atoms with Gasteiger partial charge in [-0.25, -0.2) is 8.42 Å². The predicted octanol–water partition coefficient (Wildman–Crippen LogP) is 3.80. The Kier molecular flexibility index (Phi) is 7.08. The fourth-order valence-corrected chi connectivity index (χ4v) is 4.61. The second kappa shape index (κ2) is 9.60. The van der Waals surface area contributed by atoms with Gasteiger partial charge >= 0.3 is 6.36 Å². The van der Waals surface area contributed by atoms with Crippen molar-refractivity contribution < 1.29 is 31.2 Å². The van der Waals surface area contributed by atoms with Crippen molar-refractivity contribution in [3.8, 4) is 11.8 Å². The number of hydrogen-bond donors (Lipinski definition) is 1. The minimum atomic E-state index is -4.85. The molecule has 0 radical (unpaired) electrons. The van der Waals surface area contributed by atoms with Crippen molar-refractivity contribution in [1.82, 2.24) is 9.79 Å². The molecule has 0 saturated carbocycles. The number of hydrogen-bond acceptors (Lipinski definition) is 6. The number of benzene rings is 2. The van der Waals surface area contributed by atoms with E-state index in [0.29, 0.717) is 29.7 Å². The maximum absolute atomic E-state index is 12.8. The molecule has 0 bridgehead atoms. The monoisotopic (exact) mass is 467 g/mol. The maximum Gasteiger partial charge on any atom is 0.573 e. The maximum atomic E-state index is 12.8. The molecule has 11 heteroatoms. The lowest BCUT2D eigenvalue weighted by molar-refractivity contribution is -0.274. The fourth-order valence-electron chi connectivity index (χ4n) is 3.14. The third kappa shape index (κ3) is 6.00. The van der Waals surface area contributed by atoms with E-state index in [4.69, 9.17) is 10.1 Å². The summed E-state index contributed by atoms with van der Waals surface area (Å²) in [5.41, 5.74) is 4.41. The van der Waals surface area contributed by atoms with Crippen LogP contribution in [0.25, 0.3) is 5.70 Å². The van der Waals surface area contributed by atoms with Gasteiger partial charge in [0.15, 0.2) is 0 Å². The first kappa shape index (κ1) is 23.6. The van der Waals surface area contributed by atoms with Crippen molar-refractivity contribution in [2.75, 3.05) is 13.1 Å². The number of rotatable bonds is 7. The number of ether oxygens (including phenoxy) is 1. The van der Waals surface area contributed by atoms with Crippen LogP contribution in [0.15, 0.2) is 60.0 Å². The van der Waals surface area contributed by atoms with Crippen LogP contribution in [-0.4, -0.2) is 38.3 Å². The first-order valence-corrected chi connectivity index (χ1v) is 11.0. The van der Waals surface area contributed by atoms with Gasteiger partial charge < -0.3 is 4.74 Å². The van der Waals surface area contributed by atoms with Crippen LogP contribution in [0.5, 0.6) is 5.75 Å². The molecule has 0 unspecified atom stereocenters. The first-order chi connectivity index (χ1) is 15.1. The van der Waals surface area contributed by atoms with Crippen LogP contribution < -0.4 is 10.2 Å². The molecule has 1 N–H and O–H groups in total. The van der Waals surface area contributed by atoms with Crippen LogP contribution >= 0.6 is 0 Å². The highest BCUT2D eigenvalue weighted by molar-refractivity contribution is 7.89. The molecule has 0 amide bonds. The normalized spacial score (nSPS) is 15.7. The molecule has 0 spiro atoms. The van der Waals surface area contributed by atoms with Crippen LogP contribution in [-0.2, 0) is 14.9 Å². The molecule has 0 atom stereocenters. The van der Waals surface area contributed by atoms with Gasteiger partial charge in [-0.2, -0.15) is 9.57 Å². The fraction of sp³-hybridized carbons (Fsp3) is 0.286. The number of nitrogens with zero attached hydrogens (tertiary/aromatic N) is 2. The zero-order chi connectivity index (χ0) is 23.4. The van der Waals surface area contributed by atoms with Crippen molar-refractivity contribution in [3.63, 3.8) is 0 Å². The number of piperidine rings is 1. The van der Waals surface area contributed by atoms with Crippen molar-refractivity contribution in [3.05, 3.63) is 66.2 Å². The molecule has 1 fully saturated rings. The van der Waals surface area contributed by atoms with E-state index >= 15 is 0 Å². The minimum Gasteiger partial charge on any atom is -0.406 e. The average Bonchev–Trinajstić information content (AvgIpc) is 2.77. The lowest BCUT2D eigenvalue weighted by Gasteiger charge is -2.31. The number of hydroxylamine groups is 1. The number of nitrogens with one attached hydrogen (secondary N) is 1. The molecule has 1 aliphatic rings. The second-order valence-corrected chi connectivity index (χ2v) is 8.95. The van der Waals surface area contributed by atoms with E-state index < -0.39 is 22.1 Å². The van der Waals surface area contributed by atoms with Gasteiger partial charge in [0.25, 0.3) is 0 Å². The minimum absolute atomic E-state index is 0.115. The quantitative estimate of drug-likeness (QED) is 0.623. The van der Waals surface area contributed by atoms with Gasteiger partial charge in [-0.3, -0.25) is 10.3 Å². The molecular weight excluding hydrogens is 447 g/mol. The third-order valence-electron chi connectivity index (χ3n) is 4.78. The van der Waals surface area contributed by atoms with Crippen molar-refractivity contribution in [2.45, 2.75) is 30.2 Å². The van der Waals surface area contributed by atoms with Gasteiger partial charge in [0.2, 0.25) is 10.0 Å². The smallest absolute Gasteiger partial charge is 0.406 e. The second-order valence-electron chi connectivity index (χ2n) is 7.01. The third-order valence-corrected chi connectivity index (χ3v) is 6.70. The van der Waals surface area contributed by atoms with Gasteiger partial charge in [-0.05, 0) is 49.2 Å². The van der Waals surface area contributed by atoms with E-state index in [2.05, 4.69) is 16.8 Å². The lowest BCUT2D eigenvalue weighted by atomic mass is 10.1. The molecular formula is C21H20F3N3O4S. The van der Waals surface area contributed by atoms with Crippen LogP contribution in [0, 0.1) is 11.3 Å². The number of sulfonamides is 1. The SMILES string of the molecule is C=C(NOC1CCN(S(=O)(=O)c2ccc(OC(F)(F)F)cc2)CC1)c1cccc(C#N)c1. The highest BCUT2D eigenvalue weighted by atomic mass is 32.2. The molecule has 0 aromatic heterocycles. The van der Waals surface area contributed by atoms with Crippen molar-refractivity contribution in [1.29, 1.82) is 5.26 Å². The molecule has 3 rings (SSSR count). The van der Waals surface area contributed by atoms with E-state index in [0.717, 1.165) is 24.3 Å². The van der Waals surface area contributed by atoms with E-state index in [-0.39, 0.29) is 24.1 Å². The van der Waals surface area contributed by atoms with Crippen LogP contribution in [0.1, 0.15) is 24.0 Å². The zero-order valence-corrected chi connectivity index (χ0v) is 17.6. The zero-order valence-electron chi connectivity index (χ0n) is 16.8. The molecule has 7 nitrogen and oxygen atoms in total. The molecule has 1 heterocycles. The molecule has 170 valence electrons. The van der Waals surface area contributed by atoms with E-state index in [1.807, 2.05) is 6.07 Å². The first-order valence-electron chi connectivity index (χ1n) is 9.55. The highest BCUT2D eigenvalue weighted by Gasteiger charge is 2.32. The summed E-state index contributed by atoms with van der Waals surface area (Å²) >= 11 is 0. The van der Waals surface area contributed by atoms with E-state index in [9.17, 15) is 21.6 Å². The molecule has 1 aliphatic heterocycles. The molecule has 32 heavy (non-hydrogen) atoms. The molecule has 2 aromatic rings. The summed E-state index contributed by atoms with van der Waals surface area (Å²) in [7, 11) is -3.86. The topological polar surface area (TPSA) is 91.7 Å². The summed E-state index contributed by atoms with van der Waals surface area (Å²) < 4.78 is 67.4. The Balaban J connectivity index is 1.53. The van der Waals surface area contributed by atoms with Gasteiger partial charge in [-0.1, -0.05) is 18.7 Å². The lowest BCUT2D eigenvalue weighted by Crippen LogP contribution is -2.42. The Morgan fingerprint density at radius 2 is 1.81 bits per heavy atom. The Morgan fingerprint density at radius 1 is 1.16 bits per heavy atom. The van der Waals surface area contributed by atoms with Gasteiger partial charge in [0, 0.05) is 18.7 Å². The van der Waals surface area contributed by atoms with Gasteiger partial charge in [-0.15, -0.1) is 13.2 Å². The Hall–Kier alpha value is -3.07. The summed E-state index contributed by atoms with van der Waals surface area (Å²) in [5, 5.41) is 8.97. The van der Waals surface area contributed by atoms with Gasteiger partial charge in [0.05, 0.1) is 28.3 Å². The van der Waals surface area contributed by atoms with Crippen LogP contribution in [0.4, 0.5) is 13.2 Å². The summed E-state index contributed by atoms with van der Waals surface area (Å²) in [5.74, 6) is -0.491. The average molecular weight is 467 g/mol. The molecule has 0 aliphatic carbocycles. The number of halogens is 3. The predicted molar refractivity (Wildman–Crippen MR) is 109 cm³/mol. The molecule has 1 saturated heterocycles. The van der Waals surface area contributed by atoms with E-state index in [1.165, 1.54) is 4.31 Å². The summed E-state index contributed by atoms with van der Waals surface area (Å²) in [6.45, 7) is 4.25. The number of alkyl halides is 3. The highest BCUT2D eigenvalue weighted by Crippen LogP contribution is 2.26. The van der Waals surface area contributed by atoms with E-state index in [1.54, 1.807) is 24.3 Å². The molecule has 2 aromatic carbocycles. The van der Waals surface area contributed by atoms with Crippen LogP contribution in [0.3, 0.4) is 0 Å². The largest absolute Gasteiger partial charge is 0.573 e.